The van der Waals surface area contributed by atoms with Gasteiger partial charge in [-0.1, -0.05) is 55.3 Å². The molecule has 2 aromatic rings. The number of likely N-dealkylation sites (tertiary alicyclic amines) is 1. The monoisotopic (exact) mass is 338 g/mol. The van der Waals surface area contributed by atoms with Gasteiger partial charge in [-0.15, -0.1) is 5.10 Å². The molecule has 4 heteroatoms. The average Bonchev–Trinajstić information content (AvgIpc) is 3.35. The van der Waals surface area contributed by atoms with E-state index in [1.54, 1.807) is 0 Å². The van der Waals surface area contributed by atoms with Gasteiger partial charge < -0.3 is 4.90 Å². The summed E-state index contributed by atoms with van der Waals surface area (Å²) in [6.45, 7) is 5.83. The van der Waals surface area contributed by atoms with E-state index in [9.17, 15) is 0 Å². The van der Waals surface area contributed by atoms with E-state index in [2.05, 4.69) is 63.3 Å². The van der Waals surface area contributed by atoms with E-state index in [0.717, 1.165) is 6.54 Å². The number of piperidine rings is 1. The van der Waals surface area contributed by atoms with Crippen LogP contribution in [0.4, 0.5) is 0 Å². The zero-order valence-corrected chi connectivity index (χ0v) is 15.3. The average molecular weight is 338 g/mol. The summed E-state index contributed by atoms with van der Waals surface area (Å²) in [4.78, 5) is 2.61. The van der Waals surface area contributed by atoms with Crippen molar-refractivity contribution in [2.75, 3.05) is 19.6 Å². The minimum atomic E-state index is 0.533. The molecule has 1 aliphatic carbocycles. The minimum Gasteiger partial charge on any atom is -0.303 e. The summed E-state index contributed by atoms with van der Waals surface area (Å²) in [5.74, 6) is 1.26. The highest BCUT2D eigenvalue weighted by molar-refractivity contribution is 5.19. The maximum atomic E-state index is 4.48. The lowest BCUT2D eigenvalue weighted by Gasteiger charge is -2.33. The Bertz CT molecular complexity index is 652. The Morgan fingerprint density at radius 2 is 1.76 bits per heavy atom. The second-order valence-corrected chi connectivity index (χ2v) is 7.95. The third-order valence-electron chi connectivity index (χ3n) is 6.13. The van der Waals surface area contributed by atoms with E-state index < -0.39 is 0 Å². The molecule has 4 rings (SSSR count). The summed E-state index contributed by atoms with van der Waals surface area (Å²) in [5.41, 5.74) is 2.68. The van der Waals surface area contributed by atoms with Crippen molar-refractivity contribution in [2.24, 2.45) is 0 Å². The summed E-state index contributed by atoms with van der Waals surface area (Å²) in [6.07, 6.45) is 9.93. The van der Waals surface area contributed by atoms with Crippen LogP contribution in [-0.4, -0.2) is 39.5 Å². The largest absolute Gasteiger partial charge is 0.303 e. The number of hydrogen-bond acceptors (Lipinski definition) is 3. The molecule has 2 aliphatic rings. The van der Waals surface area contributed by atoms with Crippen LogP contribution in [0.1, 0.15) is 74.6 Å². The fraction of sp³-hybridized carbons (Fsp3) is 0.619. The number of nitrogens with zero attached hydrogens (tertiary/aromatic N) is 4. The quantitative estimate of drug-likeness (QED) is 0.811. The molecule has 0 N–H and O–H groups in total. The van der Waals surface area contributed by atoms with Crippen molar-refractivity contribution in [2.45, 2.75) is 63.3 Å². The van der Waals surface area contributed by atoms with Crippen LogP contribution in [0.25, 0.3) is 0 Å². The predicted molar refractivity (Wildman–Crippen MR) is 101 cm³/mol. The number of benzene rings is 1. The van der Waals surface area contributed by atoms with Crippen LogP contribution in [0.2, 0.25) is 0 Å². The minimum absolute atomic E-state index is 0.533. The molecule has 1 saturated carbocycles. The molecule has 2 heterocycles. The van der Waals surface area contributed by atoms with Crippen molar-refractivity contribution in [1.29, 1.82) is 0 Å². The van der Waals surface area contributed by atoms with E-state index >= 15 is 0 Å². The van der Waals surface area contributed by atoms with Gasteiger partial charge in [0.1, 0.15) is 0 Å². The summed E-state index contributed by atoms with van der Waals surface area (Å²) in [5, 5.41) is 8.95. The summed E-state index contributed by atoms with van der Waals surface area (Å²) in [7, 11) is 0. The molecule has 0 amide bonds. The molecule has 4 nitrogen and oxygen atoms in total. The van der Waals surface area contributed by atoms with Crippen molar-refractivity contribution in [1.82, 2.24) is 19.9 Å². The predicted octanol–water partition coefficient (Wildman–Crippen LogP) is 4.38. The van der Waals surface area contributed by atoms with Gasteiger partial charge in [0, 0.05) is 31.7 Å². The Morgan fingerprint density at radius 1 is 1.04 bits per heavy atom. The van der Waals surface area contributed by atoms with Gasteiger partial charge in [0.15, 0.2) is 0 Å². The Labute approximate surface area is 151 Å². The lowest BCUT2D eigenvalue weighted by atomic mass is 9.98. The van der Waals surface area contributed by atoms with Crippen molar-refractivity contribution < 1.29 is 0 Å². The van der Waals surface area contributed by atoms with E-state index in [1.807, 2.05) is 0 Å². The Kier molecular flexibility index (Phi) is 5.16. The number of hydrogen-bond donors (Lipinski definition) is 0. The Morgan fingerprint density at radius 3 is 2.48 bits per heavy atom. The molecule has 1 aromatic carbocycles. The molecule has 1 aromatic heterocycles. The van der Waals surface area contributed by atoms with Gasteiger partial charge in [0.25, 0.3) is 0 Å². The maximum Gasteiger partial charge on any atom is 0.0858 e. The first-order valence-electron chi connectivity index (χ1n) is 9.98. The third-order valence-corrected chi connectivity index (χ3v) is 6.13. The van der Waals surface area contributed by atoms with Crippen LogP contribution in [0.5, 0.6) is 0 Å². The lowest BCUT2D eigenvalue weighted by Crippen LogP contribution is -2.37. The van der Waals surface area contributed by atoms with Gasteiger partial charge in [-0.2, -0.15) is 0 Å². The molecule has 134 valence electrons. The first kappa shape index (κ1) is 16.8. The fourth-order valence-electron chi connectivity index (χ4n) is 4.52. The van der Waals surface area contributed by atoms with E-state index in [4.69, 9.17) is 0 Å². The number of aromatic nitrogens is 3. The molecule has 25 heavy (non-hydrogen) atoms. The van der Waals surface area contributed by atoms with Crippen molar-refractivity contribution in [3.8, 4) is 0 Å². The number of rotatable bonds is 5. The molecular formula is C21H30N4. The van der Waals surface area contributed by atoms with Gasteiger partial charge in [-0.05, 0) is 37.2 Å². The van der Waals surface area contributed by atoms with Gasteiger partial charge in [0.2, 0.25) is 0 Å². The molecule has 0 bridgehead atoms. The highest BCUT2D eigenvalue weighted by atomic mass is 15.4. The van der Waals surface area contributed by atoms with Crippen molar-refractivity contribution in [3.63, 3.8) is 0 Å². The van der Waals surface area contributed by atoms with Crippen molar-refractivity contribution in [3.05, 3.63) is 47.8 Å². The molecule has 0 spiro atoms. The van der Waals surface area contributed by atoms with E-state index in [0.29, 0.717) is 17.9 Å². The first-order valence-corrected chi connectivity index (χ1v) is 9.98. The zero-order chi connectivity index (χ0) is 17.1. The molecule has 2 fully saturated rings. The van der Waals surface area contributed by atoms with Crippen LogP contribution in [-0.2, 0) is 0 Å². The molecule has 0 unspecified atom stereocenters. The van der Waals surface area contributed by atoms with Crippen LogP contribution in [0.3, 0.4) is 0 Å². The summed E-state index contributed by atoms with van der Waals surface area (Å²) < 4.78 is 2.16. The molecule has 0 radical (unpaired) electrons. The van der Waals surface area contributed by atoms with Crippen LogP contribution < -0.4 is 0 Å². The Balaban J connectivity index is 1.29. The third kappa shape index (κ3) is 3.95. The van der Waals surface area contributed by atoms with E-state index in [-0.39, 0.29) is 0 Å². The van der Waals surface area contributed by atoms with Gasteiger partial charge in [-0.3, -0.25) is 0 Å². The molecule has 1 saturated heterocycles. The first-order chi connectivity index (χ1) is 12.3. The summed E-state index contributed by atoms with van der Waals surface area (Å²) >= 11 is 0. The maximum absolute atomic E-state index is 4.48. The topological polar surface area (TPSA) is 34.0 Å². The SMILES string of the molecule is C[C@@H](CN1CCC(n2cc(C3CCCC3)nn2)CC1)c1ccccc1. The normalized spacial score (nSPS) is 21.6. The Hall–Kier alpha value is -1.68. The van der Waals surface area contributed by atoms with Crippen LogP contribution >= 0.6 is 0 Å². The van der Waals surface area contributed by atoms with Crippen LogP contribution in [0, 0.1) is 0 Å². The standard InChI is InChI=1S/C21H30N4/c1-17(18-7-3-2-4-8-18)15-24-13-11-20(12-14-24)25-16-21(22-23-25)19-9-5-6-10-19/h2-4,7-8,16-17,19-20H,5-6,9-15H2,1H3/t17-/m0/s1. The van der Waals surface area contributed by atoms with Crippen LogP contribution in [0.15, 0.2) is 36.5 Å². The van der Waals surface area contributed by atoms with E-state index in [1.165, 1.54) is 62.9 Å². The lowest BCUT2D eigenvalue weighted by molar-refractivity contribution is 0.172. The smallest absolute Gasteiger partial charge is 0.0858 e. The summed E-state index contributed by atoms with van der Waals surface area (Å²) in [6, 6.07) is 11.4. The van der Waals surface area contributed by atoms with Crippen molar-refractivity contribution >= 4 is 0 Å². The molecular weight excluding hydrogens is 308 g/mol. The second-order valence-electron chi connectivity index (χ2n) is 7.95. The highest BCUT2D eigenvalue weighted by Crippen LogP contribution is 2.33. The van der Waals surface area contributed by atoms with Gasteiger partial charge in [-0.25, -0.2) is 4.68 Å². The molecule has 1 atom stereocenters. The highest BCUT2D eigenvalue weighted by Gasteiger charge is 2.25. The second kappa shape index (κ2) is 7.69. The van der Waals surface area contributed by atoms with Gasteiger partial charge in [0.05, 0.1) is 11.7 Å². The van der Waals surface area contributed by atoms with Gasteiger partial charge >= 0.3 is 0 Å². The zero-order valence-electron chi connectivity index (χ0n) is 15.3. The fourth-order valence-corrected chi connectivity index (χ4v) is 4.52. The molecule has 1 aliphatic heterocycles.